The van der Waals surface area contributed by atoms with Gasteiger partial charge >= 0.3 is 6.09 Å². The van der Waals surface area contributed by atoms with Crippen LogP contribution in [-0.2, 0) is 17.7 Å². The molecule has 2 rings (SSSR count). The van der Waals surface area contributed by atoms with E-state index in [0.29, 0.717) is 6.54 Å². The third-order valence-electron chi connectivity index (χ3n) is 4.48. The number of nitrogens with zero attached hydrogens (tertiary/aromatic N) is 1. The number of anilines is 1. The highest BCUT2D eigenvalue weighted by molar-refractivity contribution is 5.69. The van der Waals surface area contributed by atoms with Gasteiger partial charge in [0, 0.05) is 25.3 Å². The molecule has 0 fully saturated rings. The van der Waals surface area contributed by atoms with Crippen molar-refractivity contribution >= 4 is 11.8 Å². The summed E-state index contributed by atoms with van der Waals surface area (Å²) in [5.74, 6) is 0. The summed E-state index contributed by atoms with van der Waals surface area (Å²) in [5, 5.41) is 3.52. The van der Waals surface area contributed by atoms with Crippen LogP contribution in [0, 0.1) is 0 Å². The minimum atomic E-state index is -0.446. The van der Waals surface area contributed by atoms with Gasteiger partial charge in [0.15, 0.2) is 0 Å². The highest BCUT2D eigenvalue weighted by atomic mass is 16.6. The molecule has 1 aromatic rings. The lowest BCUT2D eigenvalue weighted by molar-refractivity contribution is 0.0224. The zero-order chi connectivity index (χ0) is 18.3. The summed E-state index contributed by atoms with van der Waals surface area (Å²) in [4.78, 5) is 14.1. The van der Waals surface area contributed by atoms with E-state index in [1.165, 1.54) is 43.2 Å². The minimum Gasteiger partial charge on any atom is -0.444 e. The van der Waals surface area contributed by atoms with Crippen LogP contribution in [0.2, 0.25) is 0 Å². The maximum absolute atomic E-state index is 12.3. The van der Waals surface area contributed by atoms with Crippen LogP contribution in [0.25, 0.3) is 0 Å². The number of hydrogen-bond acceptors (Lipinski definition) is 3. The molecule has 4 heteroatoms. The largest absolute Gasteiger partial charge is 0.444 e. The van der Waals surface area contributed by atoms with Crippen LogP contribution < -0.4 is 5.32 Å². The standard InChI is InChI=1S/C21H34N2O2/c1-5-6-7-8-9-13-22-19-11-10-17-12-14-23(16-18(17)15-19)20(24)25-21(2,3)4/h10-11,15,22H,5-9,12-14,16H2,1-4H3. The first-order valence-electron chi connectivity index (χ1n) is 9.72. The lowest BCUT2D eigenvalue weighted by Crippen LogP contribution is -2.39. The maximum Gasteiger partial charge on any atom is 0.410 e. The van der Waals surface area contributed by atoms with E-state index in [2.05, 4.69) is 30.4 Å². The Morgan fingerprint density at radius 3 is 2.64 bits per heavy atom. The Labute approximate surface area is 152 Å². The number of hydrogen-bond donors (Lipinski definition) is 1. The van der Waals surface area contributed by atoms with Crippen molar-refractivity contribution in [3.63, 3.8) is 0 Å². The molecular weight excluding hydrogens is 312 g/mol. The first kappa shape index (κ1) is 19.6. The quantitative estimate of drug-likeness (QED) is 0.676. The van der Waals surface area contributed by atoms with Crippen molar-refractivity contribution in [1.29, 1.82) is 0 Å². The Morgan fingerprint density at radius 2 is 1.92 bits per heavy atom. The number of unbranched alkanes of at least 4 members (excludes halogenated alkanes) is 4. The van der Waals surface area contributed by atoms with Crippen molar-refractivity contribution in [1.82, 2.24) is 4.90 Å². The average molecular weight is 347 g/mol. The number of fused-ring (bicyclic) bond motifs is 1. The Hall–Kier alpha value is -1.71. The summed E-state index contributed by atoms with van der Waals surface area (Å²) in [6.45, 7) is 10.3. The van der Waals surface area contributed by atoms with E-state index in [4.69, 9.17) is 4.74 Å². The molecule has 0 saturated heterocycles. The first-order chi connectivity index (χ1) is 11.9. The molecule has 25 heavy (non-hydrogen) atoms. The van der Waals surface area contributed by atoms with Gasteiger partial charge in [-0.1, -0.05) is 38.7 Å². The fourth-order valence-electron chi connectivity index (χ4n) is 3.11. The van der Waals surface area contributed by atoms with E-state index in [-0.39, 0.29) is 6.09 Å². The van der Waals surface area contributed by atoms with Gasteiger partial charge in [-0.3, -0.25) is 0 Å². The average Bonchev–Trinajstić information content (AvgIpc) is 2.55. The molecule has 1 aromatic carbocycles. The third kappa shape index (κ3) is 6.60. The zero-order valence-electron chi connectivity index (χ0n) is 16.4. The van der Waals surface area contributed by atoms with Gasteiger partial charge in [-0.15, -0.1) is 0 Å². The van der Waals surface area contributed by atoms with Gasteiger partial charge in [0.25, 0.3) is 0 Å². The number of ether oxygens (including phenoxy) is 1. The Kier molecular flexibility index (Phi) is 7.15. The highest BCUT2D eigenvalue weighted by Crippen LogP contribution is 2.24. The molecule has 140 valence electrons. The normalized spacial score (nSPS) is 14.2. The van der Waals surface area contributed by atoms with Crippen molar-refractivity contribution in [2.24, 2.45) is 0 Å². The lowest BCUT2D eigenvalue weighted by Gasteiger charge is -2.31. The molecule has 4 nitrogen and oxygen atoms in total. The van der Waals surface area contributed by atoms with Gasteiger partial charge in [0.2, 0.25) is 0 Å². The number of rotatable bonds is 7. The van der Waals surface area contributed by atoms with Crippen LogP contribution in [0.5, 0.6) is 0 Å². The Morgan fingerprint density at radius 1 is 1.16 bits per heavy atom. The fraction of sp³-hybridized carbons (Fsp3) is 0.667. The molecular formula is C21H34N2O2. The minimum absolute atomic E-state index is 0.215. The van der Waals surface area contributed by atoms with Gasteiger partial charge in [-0.05, 0) is 56.9 Å². The highest BCUT2D eigenvalue weighted by Gasteiger charge is 2.25. The Balaban J connectivity index is 1.87. The topological polar surface area (TPSA) is 41.6 Å². The number of nitrogens with one attached hydrogen (secondary N) is 1. The summed E-state index contributed by atoms with van der Waals surface area (Å²) in [6, 6.07) is 6.55. The van der Waals surface area contributed by atoms with Crippen molar-refractivity contribution in [2.45, 2.75) is 78.4 Å². The van der Waals surface area contributed by atoms with E-state index < -0.39 is 5.60 Å². The predicted octanol–water partition coefficient (Wildman–Crippen LogP) is 5.36. The van der Waals surface area contributed by atoms with E-state index in [1.807, 2.05) is 25.7 Å². The first-order valence-corrected chi connectivity index (χ1v) is 9.72. The molecule has 0 atom stereocenters. The van der Waals surface area contributed by atoms with Gasteiger partial charge in [0.1, 0.15) is 5.60 Å². The van der Waals surface area contributed by atoms with E-state index in [0.717, 1.165) is 25.2 Å². The molecule has 0 saturated carbocycles. The van der Waals surface area contributed by atoms with Crippen LogP contribution in [0.3, 0.4) is 0 Å². The van der Waals surface area contributed by atoms with Crippen LogP contribution in [0.15, 0.2) is 18.2 Å². The summed E-state index contributed by atoms with van der Waals surface area (Å²) in [7, 11) is 0. The van der Waals surface area contributed by atoms with Gasteiger partial charge in [-0.2, -0.15) is 0 Å². The van der Waals surface area contributed by atoms with Crippen molar-refractivity contribution in [2.75, 3.05) is 18.4 Å². The van der Waals surface area contributed by atoms with Crippen LogP contribution in [0.1, 0.15) is 70.9 Å². The third-order valence-corrected chi connectivity index (χ3v) is 4.48. The summed E-state index contributed by atoms with van der Waals surface area (Å²) < 4.78 is 5.51. The number of benzene rings is 1. The maximum atomic E-state index is 12.3. The number of carbonyl (C=O) groups excluding carboxylic acids is 1. The molecule has 1 N–H and O–H groups in total. The molecule has 1 aliphatic heterocycles. The predicted molar refractivity (Wildman–Crippen MR) is 104 cm³/mol. The fourth-order valence-corrected chi connectivity index (χ4v) is 3.11. The monoisotopic (exact) mass is 346 g/mol. The Bertz CT molecular complexity index is 564. The summed E-state index contributed by atoms with van der Waals surface area (Å²) >= 11 is 0. The van der Waals surface area contributed by atoms with Gasteiger partial charge < -0.3 is 15.0 Å². The van der Waals surface area contributed by atoms with Crippen LogP contribution >= 0.6 is 0 Å². The molecule has 0 aromatic heterocycles. The smallest absolute Gasteiger partial charge is 0.410 e. The SMILES string of the molecule is CCCCCCCNc1ccc2c(c1)CN(C(=O)OC(C)(C)C)CC2. The van der Waals surface area contributed by atoms with E-state index in [1.54, 1.807) is 0 Å². The molecule has 1 amide bonds. The van der Waals surface area contributed by atoms with Gasteiger partial charge in [0.05, 0.1) is 0 Å². The van der Waals surface area contributed by atoms with Crippen molar-refractivity contribution < 1.29 is 9.53 Å². The zero-order valence-corrected chi connectivity index (χ0v) is 16.4. The molecule has 1 heterocycles. The molecule has 0 spiro atoms. The van der Waals surface area contributed by atoms with Crippen molar-refractivity contribution in [3.05, 3.63) is 29.3 Å². The van der Waals surface area contributed by atoms with Crippen molar-refractivity contribution in [3.8, 4) is 0 Å². The summed E-state index contributed by atoms with van der Waals surface area (Å²) in [5.41, 5.74) is 3.28. The molecule has 0 radical (unpaired) electrons. The van der Waals surface area contributed by atoms with Crippen LogP contribution in [0.4, 0.5) is 10.5 Å². The summed E-state index contributed by atoms with van der Waals surface area (Å²) in [6.07, 6.45) is 7.12. The van der Waals surface area contributed by atoms with E-state index >= 15 is 0 Å². The molecule has 0 unspecified atom stereocenters. The number of amides is 1. The number of carbonyl (C=O) groups is 1. The lowest BCUT2D eigenvalue weighted by atomic mass is 9.99. The second-order valence-corrected chi connectivity index (χ2v) is 7.98. The molecule has 0 aliphatic carbocycles. The second-order valence-electron chi connectivity index (χ2n) is 7.98. The molecule has 0 bridgehead atoms. The molecule has 1 aliphatic rings. The van der Waals surface area contributed by atoms with Crippen LogP contribution in [-0.4, -0.2) is 29.7 Å². The second kappa shape index (κ2) is 9.12. The van der Waals surface area contributed by atoms with Gasteiger partial charge in [-0.25, -0.2) is 4.79 Å². The van der Waals surface area contributed by atoms with E-state index in [9.17, 15) is 4.79 Å².